The van der Waals surface area contributed by atoms with E-state index in [9.17, 15) is 23.3 Å². The number of nitrogens with zero attached hydrogens (tertiary/aromatic N) is 2. The monoisotopic (exact) mass is 385 g/mol. The Balaban J connectivity index is 2.35. The highest BCUT2D eigenvalue weighted by atomic mass is 32.2. The number of carbonyl (C=O) groups is 1. The van der Waals surface area contributed by atoms with Gasteiger partial charge in [0.1, 0.15) is 5.69 Å². The molecule has 0 atom stereocenters. The number of ether oxygens (including phenoxy) is 1. The quantitative estimate of drug-likeness (QED) is 0.252. The average molecular weight is 385 g/mol. The van der Waals surface area contributed by atoms with Gasteiger partial charge in [-0.25, -0.2) is 0 Å². The molecule has 0 aliphatic rings. The number of hydrogen-bond acceptors (Lipinski definition) is 8. The van der Waals surface area contributed by atoms with E-state index in [1.54, 1.807) is 6.92 Å². The number of hydrogen-bond donors (Lipinski definition) is 1. The van der Waals surface area contributed by atoms with Crippen LogP contribution in [0.3, 0.4) is 0 Å². The topological polar surface area (TPSA) is 128 Å². The molecule has 0 unspecified atom stereocenters. The summed E-state index contributed by atoms with van der Waals surface area (Å²) in [4.78, 5) is 21.7. The minimum Gasteiger partial charge on any atom is -0.466 e. The number of anilines is 1. The maximum atomic E-state index is 11.2. The van der Waals surface area contributed by atoms with Gasteiger partial charge in [-0.3, -0.25) is 14.9 Å². The summed E-state index contributed by atoms with van der Waals surface area (Å²) in [5.41, 5.74) is 0.122. The SMILES string of the molecule is CCOC(=O)CCCCCCCNc1ccc(N=S(=O)=O)cc1[N+](=O)[O-]. The van der Waals surface area contributed by atoms with Gasteiger partial charge in [0.15, 0.2) is 0 Å². The van der Waals surface area contributed by atoms with Crippen LogP contribution in [0.4, 0.5) is 17.1 Å². The van der Waals surface area contributed by atoms with Gasteiger partial charge in [-0.2, -0.15) is 8.42 Å². The zero-order valence-electron chi connectivity index (χ0n) is 14.6. The Hall–Kier alpha value is -2.49. The minimum atomic E-state index is -2.66. The molecule has 0 saturated carbocycles. The Morgan fingerprint density at radius 3 is 2.58 bits per heavy atom. The van der Waals surface area contributed by atoms with Gasteiger partial charge in [0, 0.05) is 19.0 Å². The van der Waals surface area contributed by atoms with Gasteiger partial charge in [-0.1, -0.05) is 19.3 Å². The molecule has 9 nitrogen and oxygen atoms in total. The molecule has 0 aromatic heterocycles. The van der Waals surface area contributed by atoms with E-state index < -0.39 is 15.4 Å². The van der Waals surface area contributed by atoms with Crippen LogP contribution in [0, 0.1) is 10.1 Å². The third-order valence-electron chi connectivity index (χ3n) is 3.54. The van der Waals surface area contributed by atoms with Gasteiger partial charge in [0.25, 0.3) is 5.69 Å². The van der Waals surface area contributed by atoms with Crippen molar-refractivity contribution in [3.8, 4) is 0 Å². The van der Waals surface area contributed by atoms with E-state index in [1.165, 1.54) is 12.1 Å². The molecule has 0 amide bonds. The maximum absolute atomic E-state index is 11.2. The van der Waals surface area contributed by atoms with Crippen molar-refractivity contribution in [1.82, 2.24) is 0 Å². The molecule has 0 saturated heterocycles. The summed E-state index contributed by atoms with van der Waals surface area (Å²) in [6.45, 7) is 2.74. The third-order valence-corrected chi connectivity index (χ3v) is 3.90. The summed E-state index contributed by atoms with van der Waals surface area (Å²) in [6.07, 6.45) is 4.89. The van der Waals surface area contributed by atoms with Crippen LogP contribution in [0.1, 0.15) is 45.4 Å². The largest absolute Gasteiger partial charge is 0.466 e. The van der Waals surface area contributed by atoms with E-state index in [2.05, 4.69) is 9.68 Å². The van der Waals surface area contributed by atoms with Crippen LogP contribution in [0.15, 0.2) is 22.6 Å². The molecular formula is C16H23N3O6S. The van der Waals surface area contributed by atoms with E-state index in [-0.39, 0.29) is 17.3 Å². The molecule has 0 heterocycles. The van der Waals surface area contributed by atoms with Crippen molar-refractivity contribution < 1.29 is 22.9 Å². The van der Waals surface area contributed by atoms with E-state index in [1.807, 2.05) is 0 Å². The summed E-state index contributed by atoms with van der Waals surface area (Å²) < 4.78 is 29.2. The van der Waals surface area contributed by atoms with E-state index in [0.29, 0.717) is 25.3 Å². The third kappa shape index (κ3) is 8.56. The number of nitro groups is 1. The van der Waals surface area contributed by atoms with Gasteiger partial charge in [0.2, 0.25) is 0 Å². The average Bonchev–Trinajstić information content (AvgIpc) is 2.57. The number of nitrogens with one attached hydrogen (secondary N) is 1. The Morgan fingerprint density at radius 1 is 1.23 bits per heavy atom. The van der Waals surface area contributed by atoms with Gasteiger partial charge in [0.05, 0.1) is 17.2 Å². The molecule has 0 bridgehead atoms. The number of esters is 1. The van der Waals surface area contributed by atoms with Crippen molar-refractivity contribution in [2.24, 2.45) is 4.36 Å². The highest BCUT2D eigenvalue weighted by Gasteiger charge is 2.14. The van der Waals surface area contributed by atoms with Crippen LogP contribution in [-0.2, 0) is 20.0 Å². The minimum absolute atomic E-state index is 0.0113. The number of carbonyl (C=O) groups excluding carboxylic acids is 1. The summed E-state index contributed by atoms with van der Waals surface area (Å²) in [7, 11) is -2.66. The molecule has 1 rings (SSSR count). The molecule has 10 heteroatoms. The van der Waals surface area contributed by atoms with Crippen molar-refractivity contribution in [2.75, 3.05) is 18.5 Å². The second-order valence-electron chi connectivity index (χ2n) is 5.52. The van der Waals surface area contributed by atoms with Crippen molar-refractivity contribution in [3.63, 3.8) is 0 Å². The first-order valence-electron chi connectivity index (χ1n) is 8.43. The lowest BCUT2D eigenvalue weighted by atomic mass is 10.1. The van der Waals surface area contributed by atoms with E-state index >= 15 is 0 Å². The zero-order valence-corrected chi connectivity index (χ0v) is 15.5. The standard InChI is InChI=1S/C16H23N3O6S/c1-2-25-16(20)8-6-4-3-5-7-11-17-14-10-9-13(18-26(23)24)12-15(14)19(21)22/h9-10,12,17H,2-8,11H2,1H3. The Labute approximate surface area is 153 Å². The molecule has 0 radical (unpaired) electrons. The smallest absolute Gasteiger partial charge is 0.316 e. The predicted octanol–water partition coefficient (Wildman–Crippen LogP) is 3.60. The molecule has 1 aromatic carbocycles. The maximum Gasteiger partial charge on any atom is 0.316 e. The van der Waals surface area contributed by atoms with Gasteiger partial charge >= 0.3 is 16.5 Å². The molecule has 1 aromatic rings. The second-order valence-corrected chi connectivity index (χ2v) is 6.13. The van der Waals surface area contributed by atoms with E-state index in [4.69, 9.17) is 4.74 Å². The lowest BCUT2D eigenvalue weighted by molar-refractivity contribution is -0.383. The number of rotatable bonds is 12. The molecule has 0 aliphatic carbocycles. The molecule has 0 aliphatic heterocycles. The first-order valence-corrected chi connectivity index (χ1v) is 9.46. The van der Waals surface area contributed by atoms with Crippen molar-refractivity contribution in [3.05, 3.63) is 28.3 Å². The summed E-state index contributed by atoms with van der Waals surface area (Å²) in [5, 5.41) is 14.1. The highest BCUT2D eigenvalue weighted by Crippen LogP contribution is 2.29. The molecule has 144 valence electrons. The van der Waals surface area contributed by atoms with Gasteiger partial charge in [-0.15, -0.1) is 4.36 Å². The second kappa shape index (κ2) is 12.0. The normalized spacial score (nSPS) is 10.2. The number of nitro benzene ring substituents is 1. The fraction of sp³-hybridized carbons (Fsp3) is 0.562. The van der Waals surface area contributed by atoms with Gasteiger partial charge < -0.3 is 10.1 Å². The Bertz CT molecular complexity index is 740. The lowest BCUT2D eigenvalue weighted by Crippen LogP contribution is -2.04. The highest BCUT2D eigenvalue weighted by molar-refractivity contribution is 7.61. The van der Waals surface area contributed by atoms with Crippen molar-refractivity contribution in [2.45, 2.75) is 45.4 Å². The van der Waals surface area contributed by atoms with Crippen LogP contribution in [0.5, 0.6) is 0 Å². The first kappa shape index (κ1) is 21.6. The van der Waals surface area contributed by atoms with Crippen LogP contribution < -0.4 is 5.32 Å². The fourth-order valence-electron chi connectivity index (χ4n) is 2.34. The van der Waals surface area contributed by atoms with E-state index in [0.717, 1.165) is 38.2 Å². The Morgan fingerprint density at radius 2 is 1.92 bits per heavy atom. The number of benzene rings is 1. The van der Waals surface area contributed by atoms with Crippen molar-refractivity contribution >= 4 is 33.5 Å². The lowest BCUT2D eigenvalue weighted by Gasteiger charge is -2.07. The Kier molecular flexibility index (Phi) is 9.91. The summed E-state index contributed by atoms with van der Waals surface area (Å²) in [5.74, 6) is -0.169. The zero-order chi connectivity index (χ0) is 19.4. The molecule has 0 spiro atoms. The predicted molar refractivity (Wildman–Crippen MR) is 96.9 cm³/mol. The van der Waals surface area contributed by atoms with Crippen molar-refractivity contribution in [1.29, 1.82) is 0 Å². The van der Waals surface area contributed by atoms with Gasteiger partial charge in [-0.05, 0) is 31.9 Å². The summed E-state index contributed by atoms with van der Waals surface area (Å²) in [6, 6.07) is 3.97. The van der Waals surface area contributed by atoms with Crippen LogP contribution in [-0.4, -0.2) is 32.5 Å². The van der Waals surface area contributed by atoms with Crippen LogP contribution in [0.2, 0.25) is 0 Å². The molecular weight excluding hydrogens is 362 g/mol. The molecule has 26 heavy (non-hydrogen) atoms. The molecule has 0 fully saturated rings. The van der Waals surface area contributed by atoms with Crippen LogP contribution >= 0.6 is 0 Å². The first-order chi connectivity index (χ1) is 12.4. The number of unbranched alkanes of at least 4 members (excludes halogenated alkanes) is 4. The molecule has 1 N–H and O–H groups in total. The van der Waals surface area contributed by atoms with Crippen LogP contribution in [0.25, 0.3) is 0 Å². The fourth-order valence-corrected chi connectivity index (χ4v) is 2.63. The summed E-state index contributed by atoms with van der Waals surface area (Å²) >= 11 is 0.